The summed E-state index contributed by atoms with van der Waals surface area (Å²) in [6.45, 7) is 1.83. The molecule has 1 aromatic carbocycles. The zero-order valence-corrected chi connectivity index (χ0v) is 14.1. The molecule has 0 atom stereocenters. The minimum Gasteiger partial charge on any atom is -0.385 e. The van der Waals surface area contributed by atoms with Crippen molar-refractivity contribution >= 4 is 29.0 Å². The Labute approximate surface area is 148 Å². The van der Waals surface area contributed by atoms with E-state index < -0.39 is 17.0 Å². The third-order valence-corrected chi connectivity index (χ3v) is 4.30. The highest BCUT2D eigenvalue weighted by Gasteiger charge is 2.34. The Kier molecular flexibility index (Phi) is 5.93. The van der Waals surface area contributed by atoms with Crippen molar-refractivity contribution in [3.63, 3.8) is 0 Å². The van der Waals surface area contributed by atoms with E-state index >= 15 is 0 Å². The molecule has 6 nitrogen and oxygen atoms in total. The maximum atomic E-state index is 13.7. The van der Waals surface area contributed by atoms with Gasteiger partial charge in [0.2, 0.25) is 0 Å². The molecule has 1 aliphatic heterocycles. The number of hydrogen-bond donors (Lipinski definition) is 1. The number of nitriles is 2. The maximum absolute atomic E-state index is 13.7. The molecule has 1 saturated heterocycles. The van der Waals surface area contributed by atoms with E-state index in [1.54, 1.807) is 25.1 Å². The SMILES string of the molecule is CC(NCCN1C(=O)S/C(=C\c2ccccc2F)C1=O)=C(C#N)C#N. The number of allylic oxidation sites excluding steroid dienone is 2. The van der Waals surface area contributed by atoms with Crippen molar-refractivity contribution in [1.29, 1.82) is 10.5 Å². The Morgan fingerprint density at radius 3 is 2.64 bits per heavy atom. The lowest BCUT2D eigenvalue weighted by Crippen LogP contribution is -2.34. The van der Waals surface area contributed by atoms with Crippen molar-refractivity contribution in [1.82, 2.24) is 10.2 Å². The first kappa shape index (κ1) is 18.2. The van der Waals surface area contributed by atoms with E-state index in [0.717, 1.165) is 16.7 Å². The normalized spacial score (nSPS) is 15.0. The van der Waals surface area contributed by atoms with E-state index in [2.05, 4.69) is 5.32 Å². The van der Waals surface area contributed by atoms with Gasteiger partial charge in [-0.2, -0.15) is 10.5 Å². The number of imide groups is 1. The molecule has 0 aromatic heterocycles. The molecule has 0 saturated carbocycles. The van der Waals surface area contributed by atoms with Crippen LogP contribution in [0.5, 0.6) is 0 Å². The molecular formula is C17H13FN4O2S. The molecular weight excluding hydrogens is 343 g/mol. The molecule has 0 unspecified atom stereocenters. The van der Waals surface area contributed by atoms with Gasteiger partial charge in [-0.1, -0.05) is 18.2 Å². The first-order valence-electron chi connectivity index (χ1n) is 7.22. The fourth-order valence-corrected chi connectivity index (χ4v) is 2.92. The standard InChI is InChI=1S/C17H13FN4O2S/c1-11(13(9-19)10-20)21-6-7-22-16(23)15(25-17(22)24)8-12-4-2-3-5-14(12)18/h2-5,8,21H,6-7H2,1H3/b15-8-. The van der Waals surface area contributed by atoms with Crippen LogP contribution >= 0.6 is 11.8 Å². The molecule has 2 rings (SSSR count). The van der Waals surface area contributed by atoms with Crippen LogP contribution in [0.2, 0.25) is 0 Å². The van der Waals surface area contributed by atoms with E-state index in [4.69, 9.17) is 10.5 Å². The van der Waals surface area contributed by atoms with Crippen molar-refractivity contribution in [3.05, 3.63) is 51.8 Å². The molecule has 1 N–H and O–H groups in total. The van der Waals surface area contributed by atoms with Gasteiger partial charge in [0.1, 0.15) is 23.5 Å². The minimum atomic E-state index is -0.498. The molecule has 1 aliphatic rings. The topological polar surface area (TPSA) is 97.0 Å². The monoisotopic (exact) mass is 356 g/mol. The van der Waals surface area contributed by atoms with Crippen LogP contribution in [-0.4, -0.2) is 29.1 Å². The van der Waals surface area contributed by atoms with Crippen LogP contribution in [0.15, 0.2) is 40.4 Å². The number of thioether (sulfide) groups is 1. The Morgan fingerprint density at radius 2 is 2.00 bits per heavy atom. The van der Waals surface area contributed by atoms with E-state index in [1.165, 1.54) is 24.3 Å². The number of benzene rings is 1. The molecule has 1 fully saturated rings. The van der Waals surface area contributed by atoms with Crippen LogP contribution < -0.4 is 5.32 Å². The largest absolute Gasteiger partial charge is 0.385 e. The third kappa shape index (κ3) is 4.25. The van der Waals surface area contributed by atoms with Crippen molar-refractivity contribution in [2.24, 2.45) is 0 Å². The lowest BCUT2D eigenvalue weighted by Gasteiger charge is -2.13. The first-order valence-corrected chi connectivity index (χ1v) is 8.04. The molecule has 0 radical (unpaired) electrons. The third-order valence-electron chi connectivity index (χ3n) is 3.39. The number of nitrogens with zero attached hydrogens (tertiary/aromatic N) is 3. The second kappa shape index (κ2) is 8.13. The molecule has 1 aromatic rings. The van der Waals surface area contributed by atoms with Crippen LogP contribution in [0.3, 0.4) is 0 Å². The first-order chi connectivity index (χ1) is 12.0. The van der Waals surface area contributed by atoms with Gasteiger partial charge in [0.15, 0.2) is 0 Å². The lowest BCUT2D eigenvalue weighted by molar-refractivity contribution is -0.122. The predicted octanol–water partition coefficient (Wildman–Crippen LogP) is 2.77. The average Bonchev–Trinajstić information content (AvgIpc) is 2.85. The Morgan fingerprint density at radius 1 is 1.32 bits per heavy atom. The van der Waals surface area contributed by atoms with Crippen molar-refractivity contribution in [2.45, 2.75) is 6.92 Å². The van der Waals surface area contributed by atoms with E-state index in [1.807, 2.05) is 0 Å². The van der Waals surface area contributed by atoms with Crippen LogP contribution in [0.4, 0.5) is 9.18 Å². The summed E-state index contributed by atoms with van der Waals surface area (Å²) < 4.78 is 13.7. The summed E-state index contributed by atoms with van der Waals surface area (Å²) in [6, 6.07) is 9.46. The highest BCUT2D eigenvalue weighted by molar-refractivity contribution is 8.18. The molecule has 0 bridgehead atoms. The smallest absolute Gasteiger partial charge is 0.293 e. The number of carbonyl (C=O) groups excluding carboxylic acids is 2. The minimum absolute atomic E-state index is 0.0615. The Hall–Kier alpha value is -3.10. The quantitative estimate of drug-likeness (QED) is 0.644. The van der Waals surface area contributed by atoms with E-state index in [-0.39, 0.29) is 29.1 Å². The Balaban J connectivity index is 2.05. The zero-order valence-electron chi connectivity index (χ0n) is 13.2. The maximum Gasteiger partial charge on any atom is 0.293 e. The summed E-state index contributed by atoms with van der Waals surface area (Å²) in [7, 11) is 0. The van der Waals surface area contributed by atoms with Gasteiger partial charge in [0.05, 0.1) is 4.91 Å². The second-order valence-corrected chi connectivity index (χ2v) is 6.00. The fourth-order valence-electron chi connectivity index (χ4n) is 2.06. The summed E-state index contributed by atoms with van der Waals surface area (Å²) in [4.78, 5) is 25.5. The van der Waals surface area contributed by atoms with Crippen molar-refractivity contribution in [3.8, 4) is 12.1 Å². The van der Waals surface area contributed by atoms with Crippen LogP contribution in [0.25, 0.3) is 6.08 Å². The molecule has 126 valence electrons. The molecule has 0 aliphatic carbocycles. The van der Waals surface area contributed by atoms with E-state index in [0.29, 0.717) is 5.70 Å². The van der Waals surface area contributed by atoms with Crippen LogP contribution in [-0.2, 0) is 4.79 Å². The average molecular weight is 356 g/mol. The lowest BCUT2D eigenvalue weighted by atomic mass is 10.2. The van der Waals surface area contributed by atoms with Crippen LogP contribution in [0.1, 0.15) is 12.5 Å². The predicted molar refractivity (Wildman–Crippen MR) is 91.0 cm³/mol. The molecule has 2 amide bonds. The van der Waals surface area contributed by atoms with Gasteiger partial charge in [0, 0.05) is 24.4 Å². The number of amides is 2. The number of halogens is 1. The molecule has 0 spiro atoms. The second-order valence-electron chi connectivity index (χ2n) is 5.01. The summed E-state index contributed by atoms with van der Waals surface area (Å²) in [5.74, 6) is -0.972. The number of rotatable bonds is 5. The number of carbonyl (C=O) groups is 2. The van der Waals surface area contributed by atoms with Gasteiger partial charge in [-0.15, -0.1) is 0 Å². The number of nitrogens with one attached hydrogen (secondary N) is 1. The van der Waals surface area contributed by atoms with Crippen molar-refractivity contribution in [2.75, 3.05) is 13.1 Å². The fraction of sp³-hybridized carbons (Fsp3) is 0.176. The summed E-state index contributed by atoms with van der Waals surface area (Å²) >= 11 is 0.747. The van der Waals surface area contributed by atoms with Gasteiger partial charge >= 0.3 is 0 Å². The van der Waals surface area contributed by atoms with Gasteiger partial charge in [-0.25, -0.2) is 4.39 Å². The van der Waals surface area contributed by atoms with Crippen LogP contribution in [0, 0.1) is 28.5 Å². The zero-order chi connectivity index (χ0) is 18.4. The number of hydrogen-bond acceptors (Lipinski definition) is 6. The van der Waals surface area contributed by atoms with Gasteiger partial charge in [-0.3, -0.25) is 14.5 Å². The summed E-state index contributed by atoms with van der Waals surface area (Å²) in [5, 5.41) is 19.9. The highest BCUT2D eigenvalue weighted by atomic mass is 32.2. The molecule has 8 heteroatoms. The van der Waals surface area contributed by atoms with Gasteiger partial charge in [0.25, 0.3) is 11.1 Å². The summed E-state index contributed by atoms with van der Waals surface area (Å²) in [6.07, 6.45) is 1.35. The van der Waals surface area contributed by atoms with E-state index in [9.17, 15) is 14.0 Å². The van der Waals surface area contributed by atoms with Crippen molar-refractivity contribution < 1.29 is 14.0 Å². The Bertz CT molecular complexity index is 848. The molecule has 25 heavy (non-hydrogen) atoms. The van der Waals surface area contributed by atoms with Gasteiger partial charge in [-0.05, 0) is 30.8 Å². The molecule has 1 heterocycles. The highest BCUT2D eigenvalue weighted by Crippen LogP contribution is 2.32. The summed E-state index contributed by atoms with van der Waals surface area (Å²) in [5.41, 5.74) is 0.546. The van der Waals surface area contributed by atoms with Gasteiger partial charge < -0.3 is 5.32 Å².